The maximum absolute atomic E-state index is 9.99. The summed E-state index contributed by atoms with van der Waals surface area (Å²) in [6.07, 6.45) is 0. The van der Waals surface area contributed by atoms with Gasteiger partial charge in [-0.3, -0.25) is 0 Å². The Balaban J connectivity index is 0. The van der Waals surface area contributed by atoms with Gasteiger partial charge in [0.05, 0.1) is 6.61 Å². The van der Waals surface area contributed by atoms with E-state index in [-0.39, 0.29) is 18.9 Å². The van der Waals surface area contributed by atoms with E-state index in [1.54, 1.807) is 12.1 Å². The lowest BCUT2D eigenvalue weighted by atomic mass is 10.2. The summed E-state index contributed by atoms with van der Waals surface area (Å²) < 4.78 is 4.38. The molecular weight excluding hydrogens is 191 g/mol. The van der Waals surface area contributed by atoms with Gasteiger partial charge in [-0.15, -0.1) is 0 Å². The van der Waals surface area contributed by atoms with Gasteiger partial charge in [0.1, 0.15) is 0 Å². The maximum atomic E-state index is 9.99. The van der Waals surface area contributed by atoms with Crippen molar-refractivity contribution in [3.63, 3.8) is 0 Å². The van der Waals surface area contributed by atoms with Gasteiger partial charge in [-0.25, -0.2) is 0 Å². The Kier molecular flexibility index (Phi) is 9.27. The lowest BCUT2D eigenvalue weighted by Crippen LogP contribution is -2.10. The molecule has 1 aromatic rings. The van der Waals surface area contributed by atoms with Crippen LogP contribution < -0.4 is 22.1 Å². The summed E-state index contributed by atoms with van der Waals surface area (Å²) in [6.45, 7) is 0.125. The van der Waals surface area contributed by atoms with Gasteiger partial charge in [-0.05, 0) is 5.56 Å². The molecule has 1 aromatic carbocycles. The fourth-order valence-electron chi connectivity index (χ4n) is 0.701. The van der Waals surface area contributed by atoms with Crippen molar-refractivity contribution in [2.24, 2.45) is 0 Å². The van der Waals surface area contributed by atoms with Crippen molar-refractivity contribution in [2.45, 2.75) is 6.61 Å². The van der Waals surface area contributed by atoms with E-state index in [2.05, 4.69) is 4.52 Å². The fourth-order valence-corrected chi connectivity index (χ4v) is 0.956. The predicted octanol–water partition coefficient (Wildman–Crippen LogP) is 0.903. The van der Waals surface area contributed by atoms with Crippen LogP contribution in [0.25, 0.3) is 0 Å². The number of rotatable bonds is 3. The van der Waals surface area contributed by atoms with Crippen molar-refractivity contribution in [1.29, 1.82) is 0 Å². The van der Waals surface area contributed by atoms with E-state index in [9.17, 15) is 9.79 Å². The minimum atomic E-state index is -2.72. The van der Waals surface area contributed by atoms with E-state index < -0.39 is 8.60 Å². The zero-order valence-electron chi connectivity index (χ0n) is 7.77. The Hall–Kier alpha value is -0.550. The Labute approximate surface area is 78.5 Å². The normalized spacial score (nSPS) is 8.85. The molecule has 6 heteroatoms. The molecule has 1 rings (SSSR count). The van der Waals surface area contributed by atoms with Gasteiger partial charge < -0.3 is 26.6 Å². The van der Waals surface area contributed by atoms with Gasteiger partial charge in [0.2, 0.25) is 0 Å². The zero-order chi connectivity index (χ0) is 8.10. The topological polar surface area (TPSA) is 128 Å². The molecule has 0 radical (unpaired) electrons. The summed E-state index contributed by atoms with van der Waals surface area (Å²) in [5, 5.41) is 0. The van der Waals surface area contributed by atoms with Crippen LogP contribution in [0.1, 0.15) is 5.56 Å². The quantitative estimate of drug-likeness (QED) is 0.712. The molecule has 5 nitrogen and oxygen atoms in total. The zero-order valence-corrected chi connectivity index (χ0v) is 8.66. The molecule has 0 bridgehead atoms. The lowest BCUT2D eigenvalue weighted by molar-refractivity contribution is -0.319. The van der Waals surface area contributed by atoms with E-state index in [0.29, 0.717) is 0 Å². The van der Waals surface area contributed by atoms with E-state index >= 15 is 0 Å². The molecular formula is C7H15N2O3P. The number of hydrogen-bond acceptors (Lipinski definition) is 3. The first kappa shape index (κ1) is 14.9. The van der Waals surface area contributed by atoms with E-state index in [0.717, 1.165) is 5.56 Å². The fraction of sp³-hybridized carbons (Fsp3) is 0.143. The van der Waals surface area contributed by atoms with Crippen molar-refractivity contribution in [3.8, 4) is 0 Å². The molecule has 0 aliphatic rings. The number of benzene rings is 1. The summed E-state index contributed by atoms with van der Waals surface area (Å²) in [4.78, 5) is 20.0. The third-order valence-electron chi connectivity index (χ3n) is 1.18. The van der Waals surface area contributed by atoms with Crippen molar-refractivity contribution in [2.75, 3.05) is 0 Å². The van der Waals surface area contributed by atoms with Crippen molar-refractivity contribution >= 4 is 8.60 Å². The summed E-state index contributed by atoms with van der Waals surface area (Å²) in [5.74, 6) is 0. The molecule has 0 aliphatic carbocycles. The second kappa shape index (κ2) is 8.07. The summed E-state index contributed by atoms with van der Waals surface area (Å²) in [7, 11) is -2.72. The molecule has 76 valence electrons. The van der Waals surface area contributed by atoms with Crippen molar-refractivity contribution in [3.05, 3.63) is 35.9 Å². The van der Waals surface area contributed by atoms with E-state index in [1.165, 1.54) is 0 Å². The van der Waals surface area contributed by atoms with E-state index in [1.807, 2.05) is 18.2 Å². The highest BCUT2D eigenvalue weighted by Crippen LogP contribution is 2.15. The van der Waals surface area contributed by atoms with E-state index in [4.69, 9.17) is 0 Å². The number of quaternary nitrogens is 2. The van der Waals surface area contributed by atoms with Gasteiger partial charge in [-0.1, -0.05) is 30.3 Å². The standard InChI is InChI=1S/C7H7O3P.2H3N/c8-11(9)10-6-7-4-2-1-3-5-7;;/h1-5H,6H2;2*1H3/q-2;;/p+2. The first-order chi connectivity index (χ1) is 5.29. The highest BCUT2D eigenvalue weighted by Gasteiger charge is 1.86. The van der Waals surface area contributed by atoms with Crippen LogP contribution in [0.3, 0.4) is 0 Å². The van der Waals surface area contributed by atoms with Gasteiger partial charge in [0.25, 0.3) is 0 Å². The van der Waals surface area contributed by atoms with Crippen LogP contribution in [0, 0.1) is 0 Å². The first-order valence-corrected chi connectivity index (χ1v) is 4.20. The first-order valence-electron chi connectivity index (χ1n) is 3.10. The Bertz CT molecular complexity index is 208. The van der Waals surface area contributed by atoms with Crippen LogP contribution in [-0.4, -0.2) is 0 Å². The molecule has 0 atom stereocenters. The van der Waals surface area contributed by atoms with Crippen LogP contribution in [0.15, 0.2) is 30.3 Å². The molecule has 0 aliphatic heterocycles. The molecule has 0 fully saturated rings. The molecule has 0 saturated heterocycles. The third-order valence-corrected chi connectivity index (χ3v) is 1.52. The molecule has 0 saturated carbocycles. The van der Waals surface area contributed by atoms with Crippen LogP contribution in [0.2, 0.25) is 0 Å². The smallest absolute Gasteiger partial charge is 0.0727 e. The SMILES string of the molecule is [NH4+].[NH4+].[O-]P([O-])OCc1ccccc1. The van der Waals surface area contributed by atoms with Crippen molar-refractivity contribution in [1.82, 2.24) is 12.3 Å². The molecule has 8 N–H and O–H groups in total. The van der Waals surface area contributed by atoms with Gasteiger partial charge in [0, 0.05) is 0 Å². The number of hydrogen-bond donors (Lipinski definition) is 2. The maximum Gasteiger partial charge on any atom is 0.0727 e. The average Bonchev–Trinajstić information content (AvgIpc) is 2.03. The van der Waals surface area contributed by atoms with Crippen molar-refractivity contribution < 1.29 is 14.3 Å². The summed E-state index contributed by atoms with van der Waals surface area (Å²) >= 11 is 0. The minimum absolute atomic E-state index is 0. The Morgan fingerprint density at radius 3 is 2.08 bits per heavy atom. The van der Waals surface area contributed by atoms with Gasteiger partial charge in [0.15, 0.2) is 0 Å². The Morgan fingerprint density at radius 2 is 1.62 bits per heavy atom. The molecule has 0 amide bonds. The predicted molar refractivity (Wildman–Crippen MR) is 50.1 cm³/mol. The second-order valence-corrected chi connectivity index (χ2v) is 2.69. The second-order valence-electron chi connectivity index (χ2n) is 1.98. The van der Waals surface area contributed by atoms with Crippen LogP contribution in [0.4, 0.5) is 0 Å². The third kappa shape index (κ3) is 6.60. The molecule has 0 unspecified atom stereocenters. The van der Waals surface area contributed by atoms with Crippen LogP contribution in [-0.2, 0) is 11.1 Å². The minimum Gasteiger partial charge on any atom is -0.820 e. The van der Waals surface area contributed by atoms with Crippen LogP contribution >= 0.6 is 8.60 Å². The largest absolute Gasteiger partial charge is 0.820 e. The van der Waals surface area contributed by atoms with Crippen LogP contribution in [0.5, 0.6) is 0 Å². The summed E-state index contributed by atoms with van der Waals surface area (Å²) in [5.41, 5.74) is 0.853. The molecule has 0 heterocycles. The van der Waals surface area contributed by atoms with Gasteiger partial charge >= 0.3 is 0 Å². The highest BCUT2D eigenvalue weighted by molar-refractivity contribution is 7.36. The molecule has 0 spiro atoms. The molecule has 13 heavy (non-hydrogen) atoms. The average molecular weight is 206 g/mol. The summed E-state index contributed by atoms with van der Waals surface area (Å²) in [6, 6.07) is 9.13. The highest BCUT2D eigenvalue weighted by atomic mass is 31.2. The monoisotopic (exact) mass is 206 g/mol. The molecule has 0 aromatic heterocycles. The van der Waals surface area contributed by atoms with Gasteiger partial charge in [-0.2, -0.15) is 8.60 Å². The lowest BCUT2D eigenvalue weighted by Gasteiger charge is -2.28. The Morgan fingerprint density at radius 1 is 1.08 bits per heavy atom.